The van der Waals surface area contributed by atoms with Gasteiger partial charge in [0, 0.05) is 12.5 Å². The van der Waals surface area contributed by atoms with Gasteiger partial charge in [-0.25, -0.2) is 0 Å². The second-order valence-electron chi connectivity index (χ2n) is 7.96. The second kappa shape index (κ2) is 8.15. The number of benzene rings is 1. The van der Waals surface area contributed by atoms with E-state index in [1.54, 1.807) is 11.1 Å². The van der Waals surface area contributed by atoms with Gasteiger partial charge in [0.15, 0.2) is 0 Å². The Morgan fingerprint density at radius 1 is 1.19 bits per heavy atom. The molecule has 1 heterocycles. The highest BCUT2D eigenvalue weighted by molar-refractivity contribution is 5.42. The van der Waals surface area contributed by atoms with Crippen LogP contribution < -0.4 is 0 Å². The van der Waals surface area contributed by atoms with Crippen LogP contribution in [0.1, 0.15) is 74.0 Å². The Kier molecular flexibility index (Phi) is 6.07. The van der Waals surface area contributed by atoms with Crippen LogP contribution in [0.15, 0.2) is 24.3 Å². The molecule has 148 valence electrons. The van der Waals surface area contributed by atoms with Gasteiger partial charge >= 0.3 is 0 Å². The van der Waals surface area contributed by atoms with Crippen molar-refractivity contribution in [2.75, 3.05) is 7.11 Å². The summed E-state index contributed by atoms with van der Waals surface area (Å²) < 4.78 is 0. The minimum atomic E-state index is 0.0854. The summed E-state index contributed by atoms with van der Waals surface area (Å²) in [6.45, 7) is 6.50. The van der Waals surface area contributed by atoms with Crippen LogP contribution in [-0.2, 0) is 24.9 Å². The highest BCUT2D eigenvalue weighted by Gasteiger charge is 2.54. The van der Waals surface area contributed by atoms with Crippen molar-refractivity contribution in [1.82, 2.24) is 10.2 Å². The Morgan fingerprint density at radius 3 is 2.67 bits per heavy atom. The van der Waals surface area contributed by atoms with Crippen LogP contribution >= 0.6 is 0 Å². The molecule has 3 aliphatic carbocycles. The van der Waals surface area contributed by atoms with Crippen LogP contribution in [0.5, 0.6) is 0 Å². The molecule has 0 radical (unpaired) electrons. The lowest BCUT2D eigenvalue weighted by molar-refractivity contribution is 0.103. The summed E-state index contributed by atoms with van der Waals surface area (Å²) in [4.78, 5) is 0. The number of H-pyrrole nitrogens is 1. The molecular weight excluding hydrogens is 336 g/mol. The molecule has 3 aliphatic rings. The van der Waals surface area contributed by atoms with Crippen LogP contribution in [0.4, 0.5) is 0 Å². The Labute approximate surface area is 163 Å². The van der Waals surface area contributed by atoms with Gasteiger partial charge in [0.25, 0.3) is 0 Å². The third-order valence-corrected chi connectivity index (χ3v) is 7.10. The number of aliphatic hydroxyl groups excluding tert-OH is 2. The van der Waals surface area contributed by atoms with Gasteiger partial charge in [0.05, 0.1) is 18.0 Å². The van der Waals surface area contributed by atoms with Crippen molar-refractivity contribution < 1.29 is 10.2 Å². The normalized spacial score (nSPS) is 29.8. The Bertz CT molecular complexity index is 769. The summed E-state index contributed by atoms with van der Waals surface area (Å²) >= 11 is 0. The molecule has 1 aromatic carbocycles. The largest absolute Gasteiger partial charge is 0.400 e. The Balaban J connectivity index is 0.000000495. The molecule has 4 heteroatoms. The van der Waals surface area contributed by atoms with Crippen molar-refractivity contribution in [1.29, 1.82) is 0 Å². The van der Waals surface area contributed by atoms with Gasteiger partial charge in [-0.2, -0.15) is 5.10 Å². The minimum Gasteiger partial charge on any atom is -0.400 e. The number of aliphatic hydroxyl groups is 2. The number of aromatic amines is 1. The molecule has 4 atom stereocenters. The first kappa shape index (κ1) is 20.1. The first-order valence-corrected chi connectivity index (χ1v) is 10.4. The first-order valence-electron chi connectivity index (χ1n) is 10.4. The lowest BCUT2D eigenvalue weighted by atomic mass is 9.55. The Hall–Kier alpha value is -1.65. The van der Waals surface area contributed by atoms with Crippen LogP contribution in [0.25, 0.3) is 0 Å². The van der Waals surface area contributed by atoms with Crippen molar-refractivity contribution in [3.05, 3.63) is 52.3 Å². The van der Waals surface area contributed by atoms with Gasteiger partial charge in [0.2, 0.25) is 0 Å². The monoisotopic (exact) mass is 370 g/mol. The van der Waals surface area contributed by atoms with Gasteiger partial charge in [-0.15, -0.1) is 0 Å². The van der Waals surface area contributed by atoms with E-state index in [4.69, 9.17) is 5.11 Å². The van der Waals surface area contributed by atoms with Gasteiger partial charge in [-0.05, 0) is 66.5 Å². The molecule has 1 aromatic heterocycles. The van der Waals surface area contributed by atoms with E-state index in [9.17, 15) is 5.11 Å². The first-order chi connectivity index (χ1) is 13.2. The fourth-order valence-electron chi connectivity index (χ4n) is 5.96. The molecule has 3 N–H and O–H groups in total. The molecule has 0 saturated heterocycles. The lowest BCUT2D eigenvalue weighted by Crippen LogP contribution is -2.43. The Morgan fingerprint density at radius 2 is 1.93 bits per heavy atom. The molecule has 5 rings (SSSR count). The van der Waals surface area contributed by atoms with E-state index in [1.807, 2.05) is 13.8 Å². The maximum atomic E-state index is 9.60. The molecule has 0 amide bonds. The molecule has 27 heavy (non-hydrogen) atoms. The van der Waals surface area contributed by atoms with Crippen molar-refractivity contribution in [2.24, 2.45) is 11.8 Å². The smallest absolute Gasteiger partial charge is 0.0850 e. The van der Waals surface area contributed by atoms with Crippen molar-refractivity contribution in [3.63, 3.8) is 0 Å². The number of hydrogen-bond acceptors (Lipinski definition) is 3. The predicted molar refractivity (Wildman–Crippen MR) is 109 cm³/mol. The van der Waals surface area contributed by atoms with E-state index >= 15 is 0 Å². The molecule has 0 bridgehead atoms. The maximum Gasteiger partial charge on any atom is 0.0850 e. The molecule has 1 fully saturated rings. The summed E-state index contributed by atoms with van der Waals surface area (Å²) in [7, 11) is 1.00. The molecule has 0 spiro atoms. The molecule has 4 nitrogen and oxygen atoms in total. The predicted octanol–water partition coefficient (Wildman–Crippen LogP) is 4.11. The summed E-state index contributed by atoms with van der Waals surface area (Å²) in [5.74, 6) is 2.18. The van der Waals surface area contributed by atoms with E-state index in [2.05, 4.69) is 41.4 Å². The second-order valence-corrected chi connectivity index (χ2v) is 7.96. The SMILES string of the molecule is CC.CO.C[C@]12CCC3c4ccccc4CCC3C1Cc1c2n[nH]c1CO. The van der Waals surface area contributed by atoms with Crippen molar-refractivity contribution in [2.45, 2.75) is 70.8 Å². The van der Waals surface area contributed by atoms with Gasteiger partial charge in [0.1, 0.15) is 0 Å². The number of nitrogens with zero attached hydrogens (tertiary/aromatic N) is 1. The number of hydrogen-bond donors (Lipinski definition) is 3. The van der Waals surface area contributed by atoms with E-state index in [-0.39, 0.29) is 12.0 Å². The molecule has 3 unspecified atom stereocenters. The molecule has 1 saturated carbocycles. The fraction of sp³-hybridized carbons (Fsp3) is 0.609. The maximum absolute atomic E-state index is 9.60. The zero-order valence-electron chi connectivity index (χ0n) is 17.1. The number of fused-ring (bicyclic) bond motifs is 7. The summed E-state index contributed by atoms with van der Waals surface area (Å²) in [5, 5.41) is 24.3. The van der Waals surface area contributed by atoms with Crippen LogP contribution in [-0.4, -0.2) is 27.5 Å². The zero-order chi connectivity index (χ0) is 19.6. The average molecular weight is 371 g/mol. The molecule has 2 aromatic rings. The number of rotatable bonds is 1. The third kappa shape index (κ3) is 3.03. The van der Waals surface area contributed by atoms with Crippen LogP contribution in [0.2, 0.25) is 0 Å². The summed E-state index contributed by atoms with van der Waals surface area (Å²) in [6, 6.07) is 9.08. The zero-order valence-corrected chi connectivity index (χ0v) is 17.1. The van der Waals surface area contributed by atoms with Crippen LogP contribution in [0, 0.1) is 11.8 Å². The highest BCUT2D eigenvalue weighted by atomic mass is 16.3. The van der Waals surface area contributed by atoms with E-state index in [0.717, 1.165) is 31.1 Å². The lowest BCUT2D eigenvalue weighted by Gasteiger charge is -2.49. The van der Waals surface area contributed by atoms with Crippen molar-refractivity contribution >= 4 is 0 Å². The van der Waals surface area contributed by atoms with E-state index < -0.39 is 0 Å². The summed E-state index contributed by atoms with van der Waals surface area (Å²) in [6.07, 6.45) is 6.12. The van der Waals surface area contributed by atoms with Gasteiger partial charge in [-0.1, -0.05) is 45.0 Å². The number of aryl methyl sites for hydroxylation is 1. The van der Waals surface area contributed by atoms with Gasteiger partial charge < -0.3 is 10.2 Å². The third-order valence-electron chi connectivity index (χ3n) is 7.10. The average Bonchev–Trinajstić information content (AvgIpc) is 3.28. The minimum absolute atomic E-state index is 0.0854. The van der Waals surface area contributed by atoms with E-state index in [1.165, 1.54) is 36.9 Å². The highest BCUT2D eigenvalue weighted by Crippen LogP contribution is 2.59. The van der Waals surface area contributed by atoms with Crippen molar-refractivity contribution in [3.8, 4) is 0 Å². The summed E-state index contributed by atoms with van der Waals surface area (Å²) in [5.41, 5.74) is 6.91. The molecular formula is C23H34N2O2. The fourth-order valence-corrected chi connectivity index (χ4v) is 5.96. The quantitative estimate of drug-likeness (QED) is 0.708. The number of nitrogens with one attached hydrogen (secondary N) is 1. The topological polar surface area (TPSA) is 69.1 Å². The standard InChI is InChI=1S/C20H24N2O.C2H6.CH4O/c1-20-9-8-14-13-5-3-2-4-12(13)6-7-15(14)17(20)10-16-18(11-23)21-22-19(16)20;2*1-2/h2-5,14-15,17,23H,6-11H2,1H3,(H,21,22);1-2H3;2H,1H3/t14?,15?,17?,20-;;/m0../s1. The van der Waals surface area contributed by atoms with E-state index in [0.29, 0.717) is 5.92 Å². The van der Waals surface area contributed by atoms with Gasteiger partial charge in [-0.3, -0.25) is 5.10 Å². The van der Waals surface area contributed by atoms with Crippen LogP contribution in [0.3, 0.4) is 0 Å². The molecule has 0 aliphatic heterocycles. The number of aromatic nitrogens is 2.